The number of benzene rings is 2. The van der Waals surface area contributed by atoms with Crippen molar-refractivity contribution in [1.29, 1.82) is 0 Å². The number of halogens is 1. The lowest BCUT2D eigenvalue weighted by molar-refractivity contribution is -0.00180. The monoisotopic (exact) mass is 412 g/mol. The zero-order chi connectivity index (χ0) is 21.1. The van der Waals surface area contributed by atoms with Crippen LogP contribution in [0.15, 0.2) is 42.5 Å². The molecule has 2 aromatic carbocycles. The molecule has 1 amide bonds. The largest absolute Gasteiger partial charge is 0.497 e. The second kappa shape index (κ2) is 8.50. The highest BCUT2D eigenvalue weighted by Crippen LogP contribution is 2.27. The van der Waals surface area contributed by atoms with Gasteiger partial charge in [-0.05, 0) is 29.8 Å². The first kappa shape index (κ1) is 19.8. The summed E-state index contributed by atoms with van der Waals surface area (Å²) in [4.78, 5) is 12.7. The summed E-state index contributed by atoms with van der Waals surface area (Å²) >= 11 is 0. The van der Waals surface area contributed by atoms with Crippen molar-refractivity contribution < 1.29 is 23.4 Å². The molecule has 0 bridgehead atoms. The van der Waals surface area contributed by atoms with Gasteiger partial charge in [-0.3, -0.25) is 4.79 Å². The number of nitrogens with one attached hydrogen (secondary N) is 1. The average molecular weight is 412 g/mol. The highest BCUT2D eigenvalue weighted by Gasteiger charge is 2.27. The Morgan fingerprint density at radius 1 is 1.23 bits per heavy atom. The maximum absolute atomic E-state index is 13.1. The lowest BCUT2D eigenvalue weighted by Crippen LogP contribution is -2.27. The number of rotatable bonds is 6. The molecule has 0 saturated heterocycles. The summed E-state index contributed by atoms with van der Waals surface area (Å²) in [5.41, 5.74) is 2.48. The van der Waals surface area contributed by atoms with Gasteiger partial charge in [-0.15, -0.1) is 5.10 Å². The fraction of sp³-hybridized carbons (Fsp3) is 0.286. The molecule has 30 heavy (non-hydrogen) atoms. The first-order valence-electron chi connectivity index (χ1n) is 9.37. The van der Waals surface area contributed by atoms with Gasteiger partial charge in [-0.1, -0.05) is 17.3 Å². The number of nitrogens with zero attached hydrogens (tertiary/aromatic N) is 3. The Morgan fingerprint density at radius 3 is 2.77 bits per heavy atom. The Bertz CT molecular complexity index is 1050. The molecule has 1 unspecified atom stereocenters. The molecule has 2 heterocycles. The van der Waals surface area contributed by atoms with Crippen LogP contribution in [0.25, 0.3) is 0 Å². The highest BCUT2D eigenvalue weighted by atomic mass is 19.1. The van der Waals surface area contributed by atoms with Crippen molar-refractivity contribution in [2.24, 2.45) is 0 Å². The molecule has 1 aliphatic rings. The molecule has 3 aromatic rings. The van der Waals surface area contributed by atoms with E-state index in [0.29, 0.717) is 23.7 Å². The van der Waals surface area contributed by atoms with Gasteiger partial charge in [0.25, 0.3) is 5.91 Å². The van der Waals surface area contributed by atoms with Crippen LogP contribution >= 0.6 is 0 Å². The summed E-state index contributed by atoms with van der Waals surface area (Å²) in [5.74, 6) is 0.633. The molecular weight excluding hydrogens is 391 g/mol. The van der Waals surface area contributed by atoms with Crippen LogP contribution in [0.3, 0.4) is 0 Å². The molecule has 1 atom stereocenters. The summed E-state index contributed by atoms with van der Waals surface area (Å²) < 4.78 is 31.2. The second-order valence-electron chi connectivity index (χ2n) is 6.78. The van der Waals surface area contributed by atoms with Crippen LogP contribution in [-0.4, -0.2) is 35.1 Å². The Hall–Kier alpha value is -3.46. The number of hydrogen-bond donors (Lipinski definition) is 1. The number of ether oxygens (including phenoxy) is 3. The SMILES string of the molecule is COc1ccc(CNC(=O)c2nnn3c2COC(c2ccc(F)cc2)C3)c(OC)c1. The predicted octanol–water partition coefficient (Wildman–Crippen LogP) is 2.64. The molecule has 1 aromatic heterocycles. The van der Waals surface area contributed by atoms with Gasteiger partial charge in [0, 0.05) is 18.2 Å². The van der Waals surface area contributed by atoms with E-state index in [2.05, 4.69) is 15.6 Å². The van der Waals surface area contributed by atoms with Crippen LogP contribution in [0, 0.1) is 5.82 Å². The van der Waals surface area contributed by atoms with Gasteiger partial charge in [-0.2, -0.15) is 0 Å². The molecular formula is C21H21FN4O4. The smallest absolute Gasteiger partial charge is 0.274 e. The first-order valence-corrected chi connectivity index (χ1v) is 9.37. The van der Waals surface area contributed by atoms with E-state index in [0.717, 1.165) is 11.1 Å². The maximum atomic E-state index is 13.1. The number of fused-ring (bicyclic) bond motifs is 1. The Morgan fingerprint density at radius 2 is 2.03 bits per heavy atom. The molecule has 0 saturated carbocycles. The van der Waals surface area contributed by atoms with Crippen molar-refractivity contribution >= 4 is 5.91 Å². The van der Waals surface area contributed by atoms with Crippen molar-refractivity contribution in [3.8, 4) is 11.5 Å². The van der Waals surface area contributed by atoms with E-state index in [4.69, 9.17) is 14.2 Å². The van der Waals surface area contributed by atoms with Crippen LogP contribution in [0.4, 0.5) is 4.39 Å². The van der Waals surface area contributed by atoms with Crippen LogP contribution in [0.1, 0.15) is 33.4 Å². The van der Waals surface area contributed by atoms with E-state index in [1.54, 1.807) is 43.2 Å². The zero-order valence-electron chi connectivity index (χ0n) is 16.6. The van der Waals surface area contributed by atoms with Gasteiger partial charge in [0.15, 0.2) is 5.69 Å². The number of carbonyl (C=O) groups excluding carboxylic acids is 1. The normalized spacial score (nSPS) is 15.4. The third kappa shape index (κ3) is 3.97. The molecule has 0 aliphatic carbocycles. The number of methoxy groups -OCH3 is 2. The fourth-order valence-electron chi connectivity index (χ4n) is 3.32. The van der Waals surface area contributed by atoms with Crippen molar-refractivity contribution in [2.45, 2.75) is 25.8 Å². The van der Waals surface area contributed by atoms with Crippen LogP contribution in [0.5, 0.6) is 11.5 Å². The van der Waals surface area contributed by atoms with Crippen molar-refractivity contribution in [3.63, 3.8) is 0 Å². The third-order valence-electron chi connectivity index (χ3n) is 4.99. The molecule has 0 spiro atoms. The van der Waals surface area contributed by atoms with Gasteiger partial charge >= 0.3 is 0 Å². The average Bonchev–Trinajstić information content (AvgIpc) is 3.21. The molecule has 4 rings (SSSR count). The van der Waals surface area contributed by atoms with Gasteiger partial charge in [0.1, 0.15) is 23.4 Å². The van der Waals surface area contributed by atoms with E-state index in [1.165, 1.54) is 12.1 Å². The number of aromatic nitrogens is 3. The topological polar surface area (TPSA) is 87.5 Å². The lowest BCUT2D eigenvalue weighted by atomic mass is 10.1. The zero-order valence-corrected chi connectivity index (χ0v) is 16.6. The van der Waals surface area contributed by atoms with Gasteiger partial charge in [-0.25, -0.2) is 9.07 Å². The predicted molar refractivity (Wildman–Crippen MR) is 105 cm³/mol. The van der Waals surface area contributed by atoms with E-state index in [1.807, 2.05) is 6.07 Å². The van der Waals surface area contributed by atoms with Crippen molar-refractivity contribution in [1.82, 2.24) is 20.3 Å². The highest BCUT2D eigenvalue weighted by molar-refractivity contribution is 5.93. The molecule has 156 valence electrons. The van der Waals surface area contributed by atoms with E-state index >= 15 is 0 Å². The standard InChI is InChI=1S/C21H21FN4O4/c1-28-16-8-5-14(18(9-16)29-2)10-23-21(27)20-17-12-30-19(11-26(17)25-24-20)13-3-6-15(22)7-4-13/h3-9,19H,10-12H2,1-2H3,(H,23,27). The van der Waals surface area contributed by atoms with Crippen molar-refractivity contribution in [2.75, 3.05) is 14.2 Å². The summed E-state index contributed by atoms with van der Waals surface area (Å²) in [5, 5.41) is 11.0. The quantitative estimate of drug-likeness (QED) is 0.670. The van der Waals surface area contributed by atoms with Crippen LogP contribution in [0.2, 0.25) is 0 Å². The summed E-state index contributed by atoms with van der Waals surface area (Å²) in [6.07, 6.45) is -0.278. The van der Waals surface area contributed by atoms with Gasteiger partial charge in [0.2, 0.25) is 0 Å². The minimum Gasteiger partial charge on any atom is -0.497 e. The minimum atomic E-state index is -0.349. The molecule has 9 heteroatoms. The van der Waals surface area contributed by atoms with Gasteiger partial charge < -0.3 is 19.5 Å². The minimum absolute atomic E-state index is 0.184. The molecule has 8 nitrogen and oxygen atoms in total. The Labute approximate surface area is 172 Å². The molecule has 1 N–H and O–H groups in total. The fourth-order valence-corrected chi connectivity index (χ4v) is 3.32. The van der Waals surface area contributed by atoms with Crippen LogP contribution in [-0.2, 0) is 24.4 Å². The van der Waals surface area contributed by atoms with Crippen LogP contribution < -0.4 is 14.8 Å². The van der Waals surface area contributed by atoms with Crippen molar-refractivity contribution in [3.05, 3.63) is 70.8 Å². The summed E-state index contributed by atoms with van der Waals surface area (Å²) in [6, 6.07) is 11.5. The number of hydrogen-bond acceptors (Lipinski definition) is 6. The number of amides is 1. The van der Waals surface area contributed by atoms with E-state index in [-0.39, 0.29) is 36.7 Å². The first-order chi connectivity index (χ1) is 14.6. The van der Waals surface area contributed by atoms with E-state index < -0.39 is 0 Å². The van der Waals surface area contributed by atoms with Gasteiger partial charge in [0.05, 0.1) is 33.1 Å². The molecule has 0 radical (unpaired) electrons. The Balaban J connectivity index is 1.44. The summed E-state index contributed by atoms with van der Waals surface area (Å²) in [6.45, 7) is 0.842. The number of carbonyl (C=O) groups is 1. The lowest BCUT2D eigenvalue weighted by Gasteiger charge is -2.24. The molecule has 0 fully saturated rings. The Kier molecular flexibility index (Phi) is 5.62. The summed E-state index contributed by atoms with van der Waals surface area (Å²) in [7, 11) is 3.14. The third-order valence-corrected chi connectivity index (χ3v) is 4.99. The maximum Gasteiger partial charge on any atom is 0.274 e. The molecule has 1 aliphatic heterocycles. The second-order valence-corrected chi connectivity index (χ2v) is 6.78. The van der Waals surface area contributed by atoms with E-state index in [9.17, 15) is 9.18 Å².